The van der Waals surface area contributed by atoms with Crippen LogP contribution in [0.25, 0.3) is 6.08 Å². The molecule has 1 atom stereocenters. The Morgan fingerprint density at radius 3 is 2.38 bits per heavy atom. The SMILES string of the molecule is CC(/C=C/c1ccc(N(C)C)cc1)=NN1C(=N)S[C@@H](C(=O)Nc2ccc(C(=O)O)cc2)CC1=O. The molecule has 0 spiro atoms. The van der Waals surface area contributed by atoms with E-state index in [1.165, 1.54) is 24.3 Å². The van der Waals surface area contributed by atoms with Crippen LogP contribution in [0, 0.1) is 5.41 Å². The Kier molecular flexibility index (Phi) is 7.85. The van der Waals surface area contributed by atoms with Crippen molar-refractivity contribution < 1.29 is 19.5 Å². The number of nitrogens with zero attached hydrogens (tertiary/aromatic N) is 3. The van der Waals surface area contributed by atoms with Crippen LogP contribution in [0.5, 0.6) is 0 Å². The van der Waals surface area contributed by atoms with Gasteiger partial charge in [-0.3, -0.25) is 15.0 Å². The van der Waals surface area contributed by atoms with Gasteiger partial charge in [0.2, 0.25) is 5.91 Å². The zero-order valence-corrected chi connectivity index (χ0v) is 19.8. The lowest BCUT2D eigenvalue weighted by Crippen LogP contribution is -2.42. The predicted molar refractivity (Wildman–Crippen MR) is 136 cm³/mol. The molecule has 1 saturated heterocycles. The maximum atomic E-state index is 12.6. The number of hydrazone groups is 1. The number of aromatic carboxylic acids is 1. The van der Waals surface area contributed by atoms with E-state index in [2.05, 4.69) is 10.4 Å². The summed E-state index contributed by atoms with van der Waals surface area (Å²) in [5, 5.41) is 24.1. The molecule has 0 bridgehead atoms. The van der Waals surface area contributed by atoms with E-state index in [0.717, 1.165) is 28.0 Å². The summed E-state index contributed by atoms with van der Waals surface area (Å²) >= 11 is 0.941. The summed E-state index contributed by atoms with van der Waals surface area (Å²) in [5.74, 6) is -1.95. The van der Waals surface area contributed by atoms with Crippen LogP contribution in [-0.4, -0.2) is 58.1 Å². The number of carbonyl (C=O) groups excluding carboxylic acids is 2. The molecule has 10 heteroatoms. The largest absolute Gasteiger partial charge is 0.478 e. The van der Waals surface area contributed by atoms with Gasteiger partial charge in [-0.2, -0.15) is 10.1 Å². The van der Waals surface area contributed by atoms with Crippen LogP contribution in [0.1, 0.15) is 29.3 Å². The molecule has 1 aliphatic heterocycles. The number of benzene rings is 2. The lowest BCUT2D eigenvalue weighted by molar-refractivity contribution is -0.129. The first-order valence-corrected chi connectivity index (χ1v) is 11.2. The number of anilines is 2. The molecule has 0 saturated carbocycles. The van der Waals surface area contributed by atoms with Gasteiger partial charge in [-0.25, -0.2) is 4.79 Å². The normalized spacial score (nSPS) is 16.6. The van der Waals surface area contributed by atoms with Crippen molar-refractivity contribution in [2.45, 2.75) is 18.6 Å². The maximum absolute atomic E-state index is 12.6. The van der Waals surface area contributed by atoms with Gasteiger partial charge in [0.15, 0.2) is 5.17 Å². The molecule has 1 aliphatic rings. The molecule has 2 aromatic rings. The van der Waals surface area contributed by atoms with Gasteiger partial charge < -0.3 is 15.3 Å². The highest BCUT2D eigenvalue weighted by molar-refractivity contribution is 8.14. The second-order valence-electron chi connectivity index (χ2n) is 7.75. The quantitative estimate of drug-likeness (QED) is 0.519. The van der Waals surface area contributed by atoms with E-state index in [1.54, 1.807) is 13.0 Å². The molecule has 176 valence electrons. The van der Waals surface area contributed by atoms with Gasteiger partial charge >= 0.3 is 5.97 Å². The van der Waals surface area contributed by atoms with Crippen LogP contribution in [0.15, 0.2) is 59.7 Å². The third kappa shape index (κ3) is 6.32. The van der Waals surface area contributed by atoms with Crippen molar-refractivity contribution in [1.29, 1.82) is 5.41 Å². The standard InChI is InChI=1S/C24H25N5O4S/c1-15(4-5-16-6-12-19(13-7-16)28(2)3)27-29-21(30)14-20(34-24(29)25)22(31)26-18-10-8-17(9-11-18)23(32)33/h4-13,20,25H,14H2,1-3H3,(H,26,31)(H,32,33)/b5-4+,25-24?,27-15?/t20-/m1/s1. The van der Waals surface area contributed by atoms with Crippen molar-refractivity contribution in [3.8, 4) is 0 Å². The molecule has 0 radical (unpaired) electrons. The molecule has 1 heterocycles. The molecule has 3 N–H and O–H groups in total. The van der Waals surface area contributed by atoms with Crippen LogP contribution >= 0.6 is 11.8 Å². The minimum absolute atomic E-state index is 0.102. The van der Waals surface area contributed by atoms with Crippen molar-refractivity contribution in [2.24, 2.45) is 5.10 Å². The fourth-order valence-electron chi connectivity index (χ4n) is 3.04. The van der Waals surface area contributed by atoms with Gasteiger partial charge in [0, 0.05) is 25.5 Å². The summed E-state index contributed by atoms with van der Waals surface area (Å²) in [7, 11) is 3.94. The van der Waals surface area contributed by atoms with E-state index in [1.807, 2.05) is 49.3 Å². The summed E-state index contributed by atoms with van der Waals surface area (Å²) in [5.41, 5.74) is 3.11. The Morgan fingerprint density at radius 1 is 1.18 bits per heavy atom. The topological polar surface area (TPSA) is 126 Å². The molecular formula is C24H25N5O4S. The molecule has 3 rings (SSSR count). The third-order valence-electron chi connectivity index (χ3n) is 4.92. The monoisotopic (exact) mass is 479 g/mol. The second-order valence-corrected chi connectivity index (χ2v) is 8.95. The summed E-state index contributed by atoms with van der Waals surface area (Å²) < 4.78 is 0. The van der Waals surface area contributed by atoms with Gasteiger partial charge in [-0.15, -0.1) is 0 Å². The lowest BCUT2D eigenvalue weighted by Gasteiger charge is -2.27. The fourth-order valence-corrected chi connectivity index (χ4v) is 3.95. The highest BCUT2D eigenvalue weighted by atomic mass is 32.2. The number of thioether (sulfide) groups is 1. The first-order valence-electron chi connectivity index (χ1n) is 10.4. The minimum Gasteiger partial charge on any atom is -0.478 e. The van der Waals surface area contributed by atoms with Crippen LogP contribution in [0.3, 0.4) is 0 Å². The molecule has 0 aromatic heterocycles. The number of nitrogens with one attached hydrogen (secondary N) is 2. The Balaban J connectivity index is 1.60. The Bertz CT molecular complexity index is 1140. The van der Waals surface area contributed by atoms with Crippen molar-refractivity contribution in [3.63, 3.8) is 0 Å². The van der Waals surface area contributed by atoms with Gasteiger partial charge in [0.05, 0.1) is 17.7 Å². The number of hydrogen-bond acceptors (Lipinski definition) is 7. The van der Waals surface area contributed by atoms with E-state index in [4.69, 9.17) is 10.5 Å². The number of carboxylic acids is 1. The van der Waals surface area contributed by atoms with E-state index in [0.29, 0.717) is 11.4 Å². The average molecular weight is 480 g/mol. The number of allylic oxidation sites excluding steroid dienone is 1. The predicted octanol–water partition coefficient (Wildman–Crippen LogP) is 3.75. The van der Waals surface area contributed by atoms with Crippen LogP contribution in [0.4, 0.5) is 11.4 Å². The number of rotatable bonds is 7. The van der Waals surface area contributed by atoms with E-state index in [-0.39, 0.29) is 17.2 Å². The number of amidine groups is 1. The molecular weight excluding hydrogens is 454 g/mol. The summed E-state index contributed by atoms with van der Waals surface area (Å²) in [6.45, 7) is 1.73. The van der Waals surface area contributed by atoms with Crippen LogP contribution < -0.4 is 10.2 Å². The lowest BCUT2D eigenvalue weighted by atomic mass is 10.1. The number of amides is 2. The molecule has 1 fully saturated rings. The van der Waals surface area contributed by atoms with Gasteiger partial charge in [0.25, 0.3) is 5.91 Å². The summed E-state index contributed by atoms with van der Waals surface area (Å²) in [4.78, 5) is 38.1. The van der Waals surface area contributed by atoms with Crippen molar-refractivity contribution in [1.82, 2.24) is 5.01 Å². The minimum atomic E-state index is -1.06. The molecule has 9 nitrogen and oxygen atoms in total. The van der Waals surface area contributed by atoms with Crippen molar-refractivity contribution >= 4 is 57.9 Å². The van der Waals surface area contributed by atoms with E-state index in [9.17, 15) is 14.4 Å². The zero-order valence-electron chi connectivity index (χ0n) is 19.0. The Hall–Kier alpha value is -3.92. The molecule has 2 aromatic carbocycles. The molecule has 0 aliphatic carbocycles. The van der Waals surface area contributed by atoms with Gasteiger partial charge in [0.1, 0.15) is 5.25 Å². The van der Waals surface area contributed by atoms with Gasteiger partial charge in [-0.1, -0.05) is 30.0 Å². The molecule has 2 amide bonds. The maximum Gasteiger partial charge on any atom is 0.335 e. The number of carbonyl (C=O) groups is 3. The average Bonchev–Trinajstić information content (AvgIpc) is 2.80. The van der Waals surface area contributed by atoms with Crippen molar-refractivity contribution in [3.05, 3.63) is 65.7 Å². The summed E-state index contributed by atoms with van der Waals surface area (Å²) in [6, 6.07) is 13.6. The molecule has 34 heavy (non-hydrogen) atoms. The van der Waals surface area contributed by atoms with Crippen LogP contribution in [0.2, 0.25) is 0 Å². The zero-order chi connectivity index (χ0) is 24.8. The van der Waals surface area contributed by atoms with E-state index >= 15 is 0 Å². The van der Waals surface area contributed by atoms with E-state index < -0.39 is 23.0 Å². The highest BCUT2D eigenvalue weighted by Gasteiger charge is 2.35. The Labute approximate surface area is 201 Å². The first kappa shape index (κ1) is 24.7. The highest BCUT2D eigenvalue weighted by Crippen LogP contribution is 2.27. The smallest absolute Gasteiger partial charge is 0.335 e. The number of hydrogen-bond donors (Lipinski definition) is 3. The molecule has 0 unspecified atom stereocenters. The van der Waals surface area contributed by atoms with Crippen molar-refractivity contribution in [2.75, 3.05) is 24.3 Å². The summed E-state index contributed by atoms with van der Waals surface area (Å²) in [6.07, 6.45) is 3.52. The number of carboxylic acid groups (broad SMARTS) is 1. The van der Waals surface area contributed by atoms with Gasteiger partial charge in [-0.05, 0) is 55.0 Å². The fraction of sp³-hybridized carbons (Fsp3) is 0.208. The first-order chi connectivity index (χ1) is 16.1. The van der Waals surface area contributed by atoms with Crippen LogP contribution in [-0.2, 0) is 9.59 Å². The Morgan fingerprint density at radius 2 is 1.82 bits per heavy atom. The second kappa shape index (κ2) is 10.8. The third-order valence-corrected chi connectivity index (χ3v) is 5.98.